The van der Waals surface area contributed by atoms with Gasteiger partial charge >= 0.3 is 5.97 Å². The molecule has 0 aliphatic heterocycles. The minimum absolute atomic E-state index is 0.211. The normalized spacial score (nSPS) is 42.6. The van der Waals surface area contributed by atoms with Crippen LogP contribution in [-0.4, -0.2) is 38.3 Å². The van der Waals surface area contributed by atoms with Crippen molar-refractivity contribution in [2.24, 2.45) is 5.92 Å². The summed E-state index contributed by atoms with van der Waals surface area (Å²) >= 11 is 3.10. The second-order valence-electron chi connectivity index (χ2n) is 3.09. The quantitative estimate of drug-likeness (QED) is 0.561. The first kappa shape index (κ1) is 9.95. The summed E-state index contributed by atoms with van der Waals surface area (Å²) < 4.78 is 0. The summed E-state index contributed by atoms with van der Waals surface area (Å²) in [4.78, 5) is 10.1. The molecule has 0 saturated heterocycles. The van der Waals surface area contributed by atoms with Gasteiger partial charge in [-0.15, -0.1) is 0 Å². The molecule has 5 heteroatoms. The molecule has 1 aliphatic carbocycles. The van der Waals surface area contributed by atoms with E-state index in [2.05, 4.69) is 15.9 Å². The first-order valence-electron chi connectivity index (χ1n) is 3.75. The van der Waals surface area contributed by atoms with Crippen LogP contribution in [0.3, 0.4) is 0 Å². The van der Waals surface area contributed by atoms with Crippen LogP contribution in [0.5, 0.6) is 0 Å². The molecule has 12 heavy (non-hydrogen) atoms. The Balaban J connectivity index is 2.59. The van der Waals surface area contributed by atoms with Crippen LogP contribution in [0.2, 0.25) is 0 Å². The molecule has 2 unspecified atom stereocenters. The number of aliphatic hydroxyl groups excluding tert-OH is 2. The van der Waals surface area contributed by atoms with Crippen molar-refractivity contribution in [3.05, 3.63) is 0 Å². The average Bonchev–Trinajstić information content (AvgIpc) is 1.99. The van der Waals surface area contributed by atoms with E-state index in [-0.39, 0.29) is 12.8 Å². The number of hydrogen-bond donors (Lipinski definition) is 3. The molecule has 70 valence electrons. The molecule has 0 aromatic heterocycles. The van der Waals surface area contributed by atoms with Gasteiger partial charge in [-0.2, -0.15) is 0 Å². The molecule has 1 saturated carbocycles. The van der Waals surface area contributed by atoms with E-state index in [1.54, 1.807) is 0 Å². The maximum Gasteiger partial charge on any atom is 0.306 e. The lowest BCUT2D eigenvalue weighted by atomic mass is 9.85. The summed E-state index contributed by atoms with van der Waals surface area (Å²) in [6, 6.07) is 0. The number of carboxylic acids is 1. The molecular weight excluding hydrogens is 228 g/mol. The molecule has 0 amide bonds. The van der Waals surface area contributed by atoms with Gasteiger partial charge in [0, 0.05) is 0 Å². The fourth-order valence-corrected chi connectivity index (χ4v) is 1.83. The largest absolute Gasteiger partial charge is 0.481 e. The second kappa shape index (κ2) is 3.72. The van der Waals surface area contributed by atoms with Gasteiger partial charge in [-0.25, -0.2) is 0 Å². The smallest absolute Gasteiger partial charge is 0.306 e. The maximum atomic E-state index is 10.5. The van der Waals surface area contributed by atoms with E-state index in [9.17, 15) is 15.0 Å². The predicted molar refractivity (Wildman–Crippen MR) is 45.1 cm³/mol. The van der Waals surface area contributed by atoms with Gasteiger partial charge in [0.25, 0.3) is 0 Å². The molecule has 2 atom stereocenters. The third kappa shape index (κ3) is 1.97. The monoisotopic (exact) mass is 238 g/mol. The molecule has 0 bridgehead atoms. The highest BCUT2D eigenvalue weighted by Crippen LogP contribution is 2.29. The molecule has 1 aliphatic rings. The standard InChI is InChI=1S/C7H11BrO4/c8-6-4(9)1-3(7(11)12)2-5(6)10/h3-6,9-10H,1-2H2,(H,11,12). The minimum atomic E-state index is -0.951. The van der Waals surface area contributed by atoms with Gasteiger partial charge in [0.05, 0.1) is 23.0 Å². The molecule has 0 aromatic rings. The second-order valence-corrected chi connectivity index (χ2v) is 4.14. The maximum absolute atomic E-state index is 10.5. The van der Waals surface area contributed by atoms with Gasteiger partial charge in [-0.3, -0.25) is 4.79 Å². The number of halogens is 1. The Morgan fingerprint density at radius 1 is 1.25 bits per heavy atom. The first-order chi connectivity index (χ1) is 5.52. The molecule has 0 spiro atoms. The fourth-order valence-electron chi connectivity index (χ4n) is 1.40. The van der Waals surface area contributed by atoms with E-state index >= 15 is 0 Å². The minimum Gasteiger partial charge on any atom is -0.481 e. The van der Waals surface area contributed by atoms with Crippen LogP contribution in [0.25, 0.3) is 0 Å². The van der Waals surface area contributed by atoms with Crippen molar-refractivity contribution in [3.8, 4) is 0 Å². The summed E-state index contributed by atoms with van der Waals surface area (Å²) in [6.07, 6.45) is -1.12. The van der Waals surface area contributed by atoms with Gasteiger partial charge in [-0.05, 0) is 12.8 Å². The van der Waals surface area contributed by atoms with Gasteiger partial charge in [0.1, 0.15) is 0 Å². The lowest BCUT2D eigenvalue weighted by Gasteiger charge is -2.31. The van der Waals surface area contributed by atoms with Crippen LogP contribution in [0.4, 0.5) is 0 Å². The van der Waals surface area contributed by atoms with Crippen LogP contribution in [-0.2, 0) is 4.79 Å². The zero-order chi connectivity index (χ0) is 9.30. The summed E-state index contributed by atoms with van der Waals surface area (Å²) in [6.45, 7) is 0. The lowest BCUT2D eigenvalue weighted by Crippen LogP contribution is -2.42. The van der Waals surface area contributed by atoms with E-state index in [0.29, 0.717) is 0 Å². The zero-order valence-corrected chi connectivity index (χ0v) is 7.94. The van der Waals surface area contributed by atoms with Gasteiger partial charge in [0.2, 0.25) is 0 Å². The topological polar surface area (TPSA) is 77.8 Å². The number of hydrogen-bond acceptors (Lipinski definition) is 3. The summed E-state index contributed by atoms with van der Waals surface area (Å²) in [7, 11) is 0. The van der Waals surface area contributed by atoms with Gasteiger partial charge < -0.3 is 15.3 Å². The number of rotatable bonds is 1. The van der Waals surface area contributed by atoms with E-state index < -0.39 is 28.9 Å². The Bertz CT molecular complexity index is 172. The molecular formula is C7H11BrO4. The molecule has 3 N–H and O–H groups in total. The van der Waals surface area contributed by atoms with Crippen molar-refractivity contribution in [1.29, 1.82) is 0 Å². The fraction of sp³-hybridized carbons (Fsp3) is 0.857. The van der Waals surface area contributed by atoms with Gasteiger partial charge in [0.15, 0.2) is 0 Å². The molecule has 0 radical (unpaired) electrons. The average molecular weight is 239 g/mol. The van der Waals surface area contributed by atoms with Crippen LogP contribution in [0.15, 0.2) is 0 Å². The van der Waals surface area contributed by atoms with Crippen molar-refractivity contribution < 1.29 is 20.1 Å². The first-order valence-corrected chi connectivity index (χ1v) is 4.67. The zero-order valence-electron chi connectivity index (χ0n) is 6.35. The van der Waals surface area contributed by atoms with E-state index in [4.69, 9.17) is 5.11 Å². The van der Waals surface area contributed by atoms with Crippen molar-refractivity contribution in [2.45, 2.75) is 29.9 Å². The summed E-state index contributed by atoms with van der Waals surface area (Å²) in [5.74, 6) is -1.57. The Morgan fingerprint density at radius 2 is 1.67 bits per heavy atom. The van der Waals surface area contributed by atoms with Crippen LogP contribution in [0.1, 0.15) is 12.8 Å². The van der Waals surface area contributed by atoms with E-state index in [1.807, 2.05) is 0 Å². The van der Waals surface area contributed by atoms with Gasteiger partial charge in [-0.1, -0.05) is 15.9 Å². The van der Waals surface area contributed by atoms with Crippen LogP contribution < -0.4 is 0 Å². The number of aliphatic carboxylic acids is 1. The van der Waals surface area contributed by atoms with E-state index in [1.165, 1.54) is 0 Å². The Labute approximate surface area is 78.3 Å². The van der Waals surface area contributed by atoms with Crippen molar-refractivity contribution in [1.82, 2.24) is 0 Å². The molecule has 1 rings (SSSR count). The van der Waals surface area contributed by atoms with Crippen LogP contribution in [0, 0.1) is 5.92 Å². The number of aliphatic hydroxyl groups is 2. The highest BCUT2D eigenvalue weighted by Gasteiger charge is 2.37. The molecule has 4 nitrogen and oxygen atoms in total. The van der Waals surface area contributed by atoms with Crippen molar-refractivity contribution in [3.63, 3.8) is 0 Å². The highest BCUT2D eigenvalue weighted by atomic mass is 79.9. The summed E-state index contributed by atoms with van der Waals surface area (Å²) in [5.41, 5.74) is 0. The molecule has 0 aromatic carbocycles. The molecule has 1 fully saturated rings. The van der Waals surface area contributed by atoms with E-state index in [0.717, 1.165) is 0 Å². The third-order valence-corrected chi connectivity index (χ3v) is 3.36. The third-order valence-electron chi connectivity index (χ3n) is 2.14. The Hall–Kier alpha value is -0.130. The lowest BCUT2D eigenvalue weighted by molar-refractivity contribution is -0.146. The van der Waals surface area contributed by atoms with Crippen molar-refractivity contribution in [2.75, 3.05) is 0 Å². The number of carboxylic acid groups (broad SMARTS) is 1. The predicted octanol–water partition coefficient (Wildman–Crippen LogP) is -0.0337. The highest BCUT2D eigenvalue weighted by molar-refractivity contribution is 9.09. The Kier molecular flexibility index (Phi) is 3.09. The van der Waals surface area contributed by atoms with Crippen molar-refractivity contribution >= 4 is 21.9 Å². The Morgan fingerprint density at radius 3 is 2.00 bits per heavy atom. The number of carbonyl (C=O) groups is 1. The SMILES string of the molecule is O=C(O)C1CC(O)C(Br)C(O)C1. The number of alkyl halides is 1. The molecule has 0 heterocycles. The van der Waals surface area contributed by atoms with Crippen LogP contribution >= 0.6 is 15.9 Å². The summed E-state index contributed by atoms with van der Waals surface area (Å²) in [5, 5.41) is 27.2.